The molecule has 1 amide bonds. The van der Waals surface area contributed by atoms with Gasteiger partial charge in [0.2, 0.25) is 5.91 Å². The Labute approximate surface area is 174 Å². The van der Waals surface area contributed by atoms with E-state index in [9.17, 15) is 35.5 Å². The van der Waals surface area contributed by atoms with Crippen LogP contribution in [0, 0.1) is 5.82 Å². The molecule has 3 rings (SSSR count). The van der Waals surface area contributed by atoms with Crippen LogP contribution >= 0.6 is 22.9 Å². The fraction of sp³-hybridized carbons (Fsp3) is 0.412. The third kappa shape index (κ3) is 5.34. The molecule has 0 saturated carbocycles. The molecule has 0 radical (unpaired) electrons. The SMILES string of the molecule is O=C(CCC(F)(F)F)Nc1c(F)cc(N2CCc3nc(C(F)(F)F)sc3C2)cc1Cl. The van der Waals surface area contributed by atoms with Gasteiger partial charge in [-0.05, 0) is 12.1 Å². The largest absolute Gasteiger partial charge is 0.443 e. The van der Waals surface area contributed by atoms with E-state index in [0.29, 0.717) is 21.9 Å². The van der Waals surface area contributed by atoms with E-state index in [4.69, 9.17) is 11.6 Å². The zero-order valence-corrected chi connectivity index (χ0v) is 16.5. The molecule has 0 unspecified atom stereocenters. The molecule has 1 aromatic heterocycles. The maximum absolute atomic E-state index is 14.5. The highest BCUT2D eigenvalue weighted by Crippen LogP contribution is 2.38. The number of benzene rings is 1. The van der Waals surface area contributed by atoms with Gasteiger partial charge < -0.3 is 10.2 Å². The van der Waals surface area contributed by atoms with E-state index in [1.165, 1.54) is 6.07 Å². The fourth-order valence-corrected chi connectivity index (χ4v) is 4.10. The first-order chi connectivity index (χ1) is 13.8. The van der Waals surface area contributed by atoms with Gasteiger partial charge in [-0.25, -0.2) is 9.37 Å². The number of amides is 1. The van der Waals surface area contributed by atoms with Gasteiger partial charge in [-0.3, -0.25) is 4.79 Å². The zero-order valence-electron chi connectivity index (χ0n) is 14.9. The lowest BCUT2D eigenvalue weighted by molar-refractivity contribution is -0.142. The van der Waals surface area contributed by atoms with Crippen molar-refractivity contribution in [3.8, 4) is 0 Å². The number of carbonyl (C=O) groups excluding carboxylic acids is 1. The van der Waals surface area contributed by atoms with Gasteiger partial charge in [0.25, 0.3) is 0 Å². The number of hydrogen-bond acceptors (Lipinski definition) is 4. The van der Waals surface area contributed by atoms with Crippen molar-refractivity contribution < 1.29 is 35.5 Å². The molecule has 0 bridgehead atoms. The number of fused-ring (bicyclic) bond motifs is 1. The topological polar surface area (TPSA) is 45.2 Å². The van der Waals surface area contributed by atoms with Crippen LogP contribution in [0.1, 0.15) is 28.4 Å². The molecule has 4 nitrogen and oxygen atoms in total. The van der Waals surface area contributed by atoms with Crippen LogP contribution in [-0.2, 0) is 23.9 Å². The quantitative estimate of drug-likeness (QED) is 0.569. The summed E-state index contributed by atoms with van der Waals surface area (Å²) in [7, 11) is 0. The molecule has 13 heteroatoms. The predicted molar refractivity (Wildman–Crippen MR) is 97.2 cm³/mol. The van der Waals surface area contributed by atoms with Crippen LogP contribution in [0.4, 0.5) is 42.1 Å². The van der Waals surface area contributed by atoms with Crippen molar-refractivity contribution >= 4 is 40.2 Å². The maximum Gasteiger partial charge on any atom is 0.443 e. The van der Waals surface area contributed by atoms with E-state index in [-0.39, 0.29) is 30.2 Å². The average molecular weight is 476 g/mol. The van der Waals surface area contributed by atoms with E-state index in [2.05, 4.69) is 4.98 Å². The first kappa shape index (κ1) is 22.6. The van der Waals surface area contributed by atoms with E-state index in [1.54, 1.807) is 4.90 Å². The molecule has 2 heterocycles. The molecule has 1 aliphatic rings. The lowest BCUT2D eigenvalue weighted by Crippen LogP contribution is -2.29. The van der Waals surface area contributed by atoms with Crippen LogP contribution in [0.5, 0.6) is 0 Å². The van der Waals surface area contributed by atoms with E-state index in [0.717, 1.165) is 6.07 Å². The summed E-state index contributed by atoms with van der Waals surface area (Å²) < 4.78 is 89.5. The van der Waals surface area contributed by atoms with Crippen LogP contribution in [-0.4, -0.2) is 23.6 Å². The van der Waals surface area contributed by atoms with Gasteiger partial charge in [0.05, 0.1) is 29.4 Å². The van der Waals surface area contributed by atoms with Crippen LogP contribution in [0.2, 0.25) is 5.02 Å². The number of carbonyl (C=O) groups is 1. The number of rotatable bonds is 4. The Balaban J connectivity index is 1.74. The number of nitrogens with zero attached hydrogens (tertiary/aromatic N) is 2. The van der Waals surface area contributed by atoms with Gasteiger partial charge in [-0.1, -0.05) is 11.6 Å². The van der Waals surface area contributed by atoms with E-state index < -0.39 is 47.6 Å². The smallest absolute Gasteiger partial charge is 0.366 e. The number of hydrogen-bond donors (Lipinski definition) is 1. The Morgan fingerprint density at radius 3 is 2.53 bits per heavy atom. The summed E-state index contributed by atoms with van der Waals surface area (Å²) in [4.78, 5) is 17.2. The van der Waals surface area contributed by atoms with Crippen molar-refractivity contribution in [1.82, 2.24) is 4.98 Å². The molecule has 30 heavy (non-hydrogen) atoms. The van der Waals surface area contributed by atoms with Gasteiger partial charge in [0.15, 0.2) is 5.01 Å². The predicted octanol–water partition coefficient (Wildman–Crippen LogP) is 5.80. The van der Waals surface area contributed by atoms with Gasteiger partial charge in [0, 0.05) is 30.0 Å². The Morgan fingerprint density at radius 1 is 1.23 bits per heavy atom. The highest BCUT2D eigenvalue weighted by atomic mass is 35.5. The number of thiazole rings is 1. The second-order valence-corrected chi connectivity index (χ2v) is 8.00. The third-order valence-electron chi connectivity index (χ3n) is 4.27. The minimum atomic E-state index is -4.55. The molecule has 0 atom stereocenters. The standard InChI is InChI=1S/C17H13ClF7N3OS/c18-9-5-8(6-10(19)14(9)27-13(29)1-3-16(20,21)22)28-4-2-11-12(7-28)30-15(26-11)17(23,24)25/h5-6H,1-4,7H2,(H,27,29). The Kier molecular flexibility index (Phi) is 6.19. The van der Waals surface area contributed by atoms with Crippen molar-refractivity contribution in [3.63, 3.8) is 0 Å². The Bertz CT molecular complexity index is 935. The number of halogens is 8. The van der Waals surface area contributed by atoms with Crippen molar-refractivity contribution in [2.45, 2.75) is 38.2 Å². The number of anilines is 2. The fourth-order valence-electron chi connectivity index (χ4n) is 2.86. The molecule has 1 N–H and O–H groups in total. The van der Waals surface area contributed by atoms with Crippen molar-refractivity contribution in [2.24, 2.45) is 0 Å². The summed E-state index contributed by atoms with van der Waals surface area (Å²) in [5.41, 5.74) is 0.143. The first-order valence-electron chi connectivity index (χ1n) is 8.50. The van der Waals surface area contributed by atoms with E-state index in [1.807, 2.05) is 5.32 Å². The minimum absolute atomic E-state index is 0.0656. The molecule has 0 aliphatic carbocycles. The van der Waals surface area contributed by atoms with Crippen molar-refractivity contribution in [1.29, 1.82) is 0 Å². The highest BCUT2D eigenvalue weighted by molar-refractivity contribution is 7.11. The molecular weight excluding hydrogens is 463 g/mol. The highest BCUT2D eigenvalue weighted by Gasteiger charge is 2.37. The maximum atomic E-state index is 14.5. The third-order valence-corrected chi connectivity index (χ3v) is 5.69. The zero-order chi connectivity index (χ0) is 22.3. The normalized spacial score (nSPS) is 14.6. The molecule has 0 spiro atoms. The monoisotopic (exact) mass is 475 g/mol. The summed E-state index contributed by atoms with van der Waals surface area (Å²) in [6.45, 7) is 0.331. The number of aromatic nitrogens is 1. The summed E-state index contributed by atoms with van der Waals surface area (Å²) in [6, 6.07) is 2.31. The van der Waals surface area contributed by atoms with Crippen LogP contribution < -0.4 is 10.2 Å². The second-order valence-electron chi connectivity index (χ2n) is 6.51. The first-order valence-corrected chi connectivity index (χ1v) is 9.69. The lowest BCUT2D eigenvalue weighted by Gasteiger charge is -2.28. The van der Waals surface area contributed by atoms with Crippen LogP contribution in [0.15, 0.2) is 12.1 Å². The molecule has 1 aliphatic heterocycles. The summed E-state index contributed by atoms with van der Waals surface area (Å²) in [5.74, 6) is -2.02. The molecule has 1 aromatic carbocycles. The van der Waals surface area contributed by atoms with Crippen LogP contribution in [0.25, 0.3) is 0 Å². The van der Waals surface area contributed by atoms with Gasteiger partial charge in [-0.2, -0.15) is 26.3 Å². The number of nitrogens with one attached hydrogen (secondary N) is 1. The van der Waals surface area contributed by atoms with Gasteiger partial charge >= 0.3 is 12.4 Å². The van der Waals surface area contributed by atoms with Gasteiger partial charge in [0.1, 0.15) is 5.82 Å². The average Bonchev–Trinajstić information content (AvgIpc) is 3.06. The summed E-state index contributed by atoms with van der Waals surface area (Å²) >= 11 is 6.50. The summed E-state index contributed by atoms with van der Waals surface area (Å²) in [5, 5.41) is 0.831. The number of alkyl halides is 6. The molecule has 164 valence electrons. The molecule has 2 aromatic rings. The Morgan fingerprint density at radius 2 is 1.93 bits per heavy atom. The van der Waals surface area contributed by atoms with Crippen molar-refractivity contribution in [2.75, 3.05) is 16.8 Å². The molecule has 0 fully saturated rings. The van der Waals surface area contributed by atoms with Crippen molar-refractivity contribution in [3.05, 3.63) is 38.6 Å². The lowest BCUT2D eigenvalue weighted by atomic mass is 10.1. The Hall–Kier alpha value is -2.08. The molecule has 0 saturated heterocycles. The van der Waals surface area contributed by atoms with E-state index >= 15 is 0 Å². The molecular formula is C17H13ClF7N3OS. The minimum Gasteiger partial charge on any atom is -0.366 e. The second kappa shape index (κ2) is 8.22. The van der Waals surface area contributed by atoms with Gasteiger partial charge in [-0.15, -0.1) is 11.3 Å². The van der Waals surface area contributed by atoms with Crippen LogP contribution in [0.3, 0.4) is 0 Å². The summed E-state index contributed by atoms with van der Waals surface area (Å²) in [6.07, 6.45) is -11.1.